The third-order valence-corrected chi connectivity index (χ3v) is 2.51. The molecule has 0 aliphatic rings. The van der Waals surface area contributed by atoms with Crippen LogP contribution < -0.4 is 5.32 Å². The summed E-state index contributed by atoms with van der Waals surface area (Å²) in [7, 11) is 3.49. The van der Waals surface area contributed by atoms with Crippen LogP contribution in [0.15, 0.2) is 30.6 Å². The molecule has 0 aromatic carbocycles. The Kier molecular flexibility index (Phi) is 3.57. The summed E-state index contributed by atoms with van der Waals surface area (Å²) in [6, 6.07) is 5.30. The van der Waals surface area contributed by atoms with Gasteiger partial charge in [0.15, 0.2) is 0 Å². The first-order valence-electron chi connectivity index (χ1n) is 5.59. The number of imidazole rings is 1. The Labute approximate surface area is 105 Å². The molecule has 0 radical (unpaired) electrons. The number of aromatic amines is 1. The zero-order chi connectivity index (χ0) is 13.0. The van der Waals surface area contributed by atoms with Crippen molar-refractivity contribution in [3.8, 4) is 0 Å². The minimum Gasteiger partial charge on any atom is -0.373 e. The monoisotopic (exact) mass is 245 g/mol. The largest absolute Gasteiger partial charge is 0.373 e. The SMILES string of the molecule is CNc1cccc(C(=O)N(C)Cc2ncc[nH]2)n1. The van der Waals surface area contributed by atoms with E-state index in [1.54, 1.807) is 43.5 Å². The average Bonchev–Trinajstić information content (AvgIpc) is 2.90. The highest BCUT2D eigenvalue weighted by Gasteiger charge is 2.14. The van der Waals surface area contributed by atoms with E-state index in [0.29, 0.717) is 18.1 Å². The summed E-state index contributed by atoms with van der Waals surface area (Å²) >= 11 is 0. The summed E-state index contributed by atoms with van der Waals surface area (Å²) in [6.45, 7) is 0.428. The lowest BCUT2D eigenvalue weighted by Gasteiger charge is -2.15. The molecule has 0 fully saturated rings. The normalized spacial score (nSPS) is 10.1. The van der Waals surface area contributed by atoms with Gasteiger partial charge in [-0.2, -0.15) is 0 Å². The zero-order valence-electron chi connectivity index (χ0n) is 10.3. The van der Waals surface area contributed by atoms with Crippen molar-refractivity contribution in [3.63, 3.8) is 0 Å². The Hall–Kier alpha value is -2.37. The van der Waals surface area contributed by atoms with E-state index in [-0.39, 0.29) is 5.91 Å². The van der Waals surface area contributed by atoms with E-state index in [2.05, 4.69) is 20.3 Å². The summed E-state index contributed by atoms with van der Waals surface area (Å²) in [5.74, 6) is 1.28. The number of nitrogens with zero attached hydrogens (tertiary/aromatic N) is 3. The van der Waals surface area contributed by atoms with Gasteiger partial charge in [-0.05, 0) is 12.1 Å². The molecule has 1 amide bonds. The number of amides is 1. The molecule has 0 aliphatic carbocycles. The molecule has 2 N–H and O–H groups in total. The number of carbonyl (C=O) groups excluding carboxylic acids is 1. The molecule has 0 saturated heterocycles. The van der Waals surface area contributed by atoms with Crippen LogP contribution in [0.3, 0.4) is 0 Å². The van der Waals surface area contributed by atoms with Gasteiger partial charge in [0, 0.05) is 26.5 Å². The molecule has 94 valence electrons. The second kappa shape index (κ2) is 5.31. The Bertz CT molecular complexity index is 523. The predicted octanol–water partition coefficient (Wildman–Crippen LogP) is 1.12. The highest BCUT2D eigenvalue weighted by Crippen LogP contribution is 2.07. The maximum atomic E-state index is 12.1. The average molecular weight is 245 g/mol. The van der Waals surface area contributed by atoms with E-state index in [1.807, 2.05) is 6.07 Å². The molecule has 2 heterocycles. The van der Waals surface area contributed by atoms with Gasteiger partial charge in [0.25, 0.3) is 5.91 Å². The van der Waals surface area contributed by atoms with E-state index >= 15 is 0 Å². The molecule has 0 saturated carbocycles. The molecule has 0 spiro atoms. The molecule has 6 heteroatoms. The first-order chi connectivity index (χ1) is 8.70. The lowest BCUT2D eigenvalue weighted by Crippen LogP contribution is -2.27. The smallest absolute Gasteiger partial charge is 0.272 e. The standard InChI is InChI=1S/C12H15N5O/c1-13-10-5-3-4-9(16-10)12(18)17(2)8-11-14-6-7-15-11/h3-7H,8H2,1-2H3,(H,13,16)(H,14,15). The molecule has 0 aliphatic heterocycles. The summed E-state index contributed by atoms with van der Waals surface area (Å²) in [4.78, 5) is 25.0. The van der Waals surface area contributed by atoms with Crippen LogP contribution in [0.2, 0.25) is 0 Å². The van der Waals surface area contributed by atoms with Crippen LogP contribution in [-0.4, -0.2) is 39.9 Å². The first-order valence-corrected chi connectivity index (χ1v) is 5.59. The van der Waals surface area contributed by atoms with Crippen molar-refractivity contribution in [1.29, 1.82) is 0 Å². The Morgan fingerprint density at radius 3 is 3.00 bits per heavy atom. The van der Waals surface area contributed by atoms with Crippen LogP contribution in [0.5, 0.6) is 0 Å². The minimum absolute atomic E-state index is 0.136. The Morgan fingerprint density at radius 1 is 1.50 bits per heavy atom. The topological polar surface area (TPSA) is 73.9 Å². The number of H-pyrrole nitrogens is 1. The number of hydrogen-bond acceptors (Lipinski definition) is 4. The molecule has 6 nitrogen and oxygen atoms in total. The second-order valence-electron chi connectivity index (χ2n) is 3.86. The summed E-state index contributed by atoms with van der Waals surface area (Å²) in [5, 5.41) is 2.91. The van der Waals surface area contributed by atoms with Gasteiger partial charge in [-0.3, -0.25) is 4.79 Å². The van der Waals surface area contributed by atoms with Crippen molar-refractivity contribution < 1.29 is 4.79 Å². The molecule has 2 aromatic heterocycles. The van der Waals surface area contributed by atoms with E-state index in [4.69, 9.17) is 0 Å². The van der Waals surface area contributed by atoms with Gasteiger partial charge in [0.1, 0.15) is 17.3 Å². The molecule has 0 atom stereocenters. The van der Waals surface area contributed by atoms with Gasteiger partial charge in [-0.25, -0.2) is 9.97 Å². The lowest BCUT2D eigenvalue weighted by molar-refractivity contribution is 0.0776. The van der Waals surface area contributed by atoms with E-state index in [1.165, 1.54) is 0 Å². The first kappa shape index (κ1) is 12.1. The van der Waals surface area contributed by atoms with E-state index in [0.717, 1.165) is 5.82 Å². The maximum Gasteiger partial charge on any atom is 0.272 e. The van der Waals surface area contributed by atoms with Crippen LogP contribution in [0.1, 0.15) is 16.3 Å². The number of hydrogen-bond donors (Lipinski definition) is 2. The molecular weight excluding hydrogens is 230 g/mol. The summed E-state index contributed by atoms with van der Waals surface area (Å²) < 4.78 is 0. The fourth-order valence-electron chi connectivity index (χ4n) is 1.57. The molecule has 2 aromatic rings. The van der Waals surface area contributed by atoms with Gasteiger partial charge in [-0.15, -0.1) is 0 Å². The highest BCUT2D eigenvalue weighted by atomic mass is 16.2. The lowest BCUT2D eigenvalue weighted by atomic mass is 10.3. The predicted molar refractivity (Wildman–Crippen MR) is 68.2 cm³/mol. The van der Waals surface area contributed by atoms with E-state index < -0.39 is 0 Å². The number of aromatic nitrogens is 3. The van der Waals surface area contributed by atoms with Crippen LogP contribution in [0.25, 0.3) is 0 Å². The number of rotatable bonds is 4. The number of carbonyl (C=O) groups is 1. The fraction of sp³-hybridized carbons (Fsp3) is 0.250. The molecule has 18 heavy (non-hydrogen) atoms. The Balaban J connectivity index is 2.10. The minimum atomic E-state index is -0.136. The quantitative estimate of drug-likeness (QED) is 0.846. The van der Waals surface area contributed by atoms with Gasteiger partial charge in [0.05, 0.1) is 6.54 Å². The maximum absolute atomic E-state index is 12.1. The molecule has 0 unspecified atom stereocenters. The summed E-state index contributed by atoms with van der Waals surface area (Å²) in [6.07, 6.45) is 3.39. The van der Waals surface area contributed by atoms with Gasteiger partial charge in [-0.1, -0.05) is 6.07 Å². The number of anilines is 1. The van der Waals surface area contributed by atoms with Crippen molar-refractivity contribution in [3.05, 3.63) is 42.1 Å². The third-order valence-electron chi connectivity index (χ3n) is 2.51. The molecule has 2 rings (SSSR count). The number of pyridine rings is 1. The van der Waals surface area contributed by atoms with Crippen LogP contribution in [0, 0.1) is 0 Å². The van der Waals surface area contributed by atoms with Crippen molar-refractivity contribution in [1.82, 2.24) is 19.9 Å². The zero-order valence-corrected chi connectivity index (χ0v) is 10.3. The van der Waals surface area contributed by atoms with Crippen LogP contribution >= 0.6 is 0 Å². The van der Waals surface area contributed by atoms with Crippen LogP contribution in [-0.2, 0) is 6.54 Å². The van der Waals surface area contributed by atoms with Gasteiger partial charge in [0.2, 0.25) is 0 Å². The van der Waals surface area contributed by atoms with Gasteiger partial charge >= 0.3 is 0 Å². The third kappa shape index (κ3) is 2.65. The summed E-state index contributed by atoms with van der Waals surface area (Å²) in [5.41, 5.74) is 0.413. The Morgan fingerprint density at radius 2 is 2.33 bits per heavy atom. The van der Waals surface area contributed by atoms with Crippen molar-refractivity contribution in [2.75, 3.05) is 19.4 Å². The van der Waals surface area contributed by atoms with Crippen LogP contribution in [0.4, 0.5) is 5.82 Å². The highest BCUT2D eigenvalue weighted by molar-refractivity contribution is 5.92. The van der Waals surface area contributed by atoms with Crippen molar-refractivity contribution in [2.24, 2.45) is 0 Å². The fourth-order valence-corrected chi connectivity index (χ4v) is 1.57. The van der Waals surface area contributed by atoms with Crippen molar-refractivity contribution >= 4 is 11.7 Å². The van der Waals surface area contributed by atoms with Gasteiger partial charge < -0.3 is 15.2 Å². The second-order valence-corrected chi connectivity index (χ2v) is 3.86. The van der Waals surface area contributed by atoms with Crippen molar-refractivity contribution in [2.45, 2.75) is 6.54 Å². The van der Waals surface area contributed by atoms with E-state index in [9.17, 15) is 4.79 Å². The number of nitrogens with one attached hydrogen (secondary N) is 2. The molecular formula is C12H15N5O. The molecule has 0 bridgehead atoms.